The summed E-state index contributed by atoms with van der Waals surface area (Å²) in [4.78, 5) is 74.6. The van der Waals surface area contributed by atoms with Crippen molar-refractivity contribution in [3.8, 4) is 0 Å². The molecule has 62 heavy (non-hydrogen) atoms. The number of cyclic esters (lactones) is 2. The number of hydrogen-bond donors (Lipinski definition) is 0. The Kier molecular flexibility index (Phi) is 11.6. The first-order chi connectivity index (χ1) is 28.4. The Morgan fingerprint density at radius 3 is 0.903 bits per heavy atom. The van der Waals surface area contributed by atoms with E-state index in [0.29, 0.717) is 24.3 Å². The molecule has 28 heteroatoms. The molecule has 0 N–H and O–H groups in total. The van der Waals surface area contributed by atoms with Gasteiger partial charge in [0, 0.05) is 25.7 Å². The van der Waals surface area contributed by atoms with Crippen LogP contribution in [0.25, 0.3) is 0 Å². The molecule has 2 saturated heterocycles. The highest BCUT2D eigenvalue weighted by Gasteiger charge is 2.75. The van der Waals surface area contributed by atoms with Gasteiger partial charge in [0.15, 0.2) is 0 Å². The quantitative estimate of drug-likeness (QED) is 0.0933. The van der Waals surface area contributed by atoms with Crippen molar-refractivity contribution < 1.29 is 130 Å². The fourth-order valence-electron chi connectivity index (χ4n) is 5.54. The summed E-state index contributed by atoms with van der Waals surface area (Å²) in [6.45, 7) is 0. The summed E-state index contributed by atoms with van der Waals surface area (Å²) >= 11 is 0. The molecular weight excluding hydrogens is 892 g/mol. The Hall–Kier alpha value is -6.90. The highest BCUT2D eigenvalue weighted by atomic mass is 19.4. The standard InChI is InChI=1S/C34H20F12O16/c35-31(36,37)29(32(38,39)40)59-23(51)17(24(52)60-29)9-5-1-3-7-15-19(47)55-27(56-20(15)48)11-13-28(14-12-27)57-21(49)16(22(50)58-28)8-4-2-6-10-18-25(53)61-30(33(41,42)43,34(44,45)46)62-26(18)54/h1-10,51,53H,11-14H2/p-2/b3-1+,4-2+,9-5+,10-6+,15-7?,16-8?. The number of ether oxygens (including phenoxy) is 8. The van der Waals surface area contributed by atoms with Gasteiger partial charge in [0.25, 0.3) is 11.6 Å². The number of carbonyl (C=O) groups is 6. The van der Waals surface area contributed by atoms with E-state index in [1.165, 1.54) is 0 Å². The normalized spacial score (nSPS) is 26.1. The smallest absolute Gasteiger partial charge is 0.449 e. The Morgan fingerprint density at radius 1 is 0.387 bits per heavy atom. The predicted molar refractivity (Wildman–Crippen MR) is 159 cm³/mol. The molecule has 0 aromatic carbocycles. The topological polar surface area (TPSA) is 222 Å². The van der Waals surface area contributed by atoms with Crippen molar-refractivity contribution in [2.45, 2.75) is 73.5 Å². The first-order valence-corrected chi connectivity index (χ1v) is 16.4. The zero-order valence-electron chi connectivity index (χ0n) is 29.7. The second-order valence-electron chi connectivity index (χ2n) is 12.6. The van der Waals surface area contributed by atoms with Crippen LogP contribution in [-0.4, -0.2) is 83.7 Å². The molecule has 0 radical (unpaired) electrons. The third-order valence-electron chi connectivity index (χ3n) is 8.58. The number of allylic oxidation sites excluding steroid dienone is 8. The molecule has 1 aliphatic carbocycles. The van der Waals surface area contributed by atoms with Crippen LogP contribution in [0.4, 0.5) is 52.7 Å². The van der Waals surface area contributed by atoms with Crippen molar-refractivity contribution in [1.82, 2.24) is 0 Å². The molecule has 336 valence electrons. The summed E-state index contributed by atoms with van der Waals surface area (Å²) in [6, 6.07) is 0. The Balaban J connectivity index is 1.16. The molecule has 0 atom stereocenters. The lowest BCUT2D eigenvalue weighted by atomic mass is 9.87. The van der Waals surface area contributed by atoms with Gasteiger partial charge in [-0.1, -0.05) is 36.5 Å². The van der Waals surface area contributed by atoms with Gasteiger partial charge in [-0.15, -0.1) is 0 Å². The lowest BCUT2D eigenvalue weighted by molar-refractivity contribution is -0.493. The maximum absolute atomic E-state index is 13.1. The summed E-state index contributed by atoms with van der Waals surface area (Å²) in [5.41, 5.74) is -4.31. The number of carbonyl (C=O) groups excluding carboxylic acids is 6. The maximum atomic E-state index is 13.1. The molecule has 0 amide bonds. The van der Waals surface area contributed by atoms with E-state index < -0.39 is 144 Å². The van der Waals surface area contributed by atoms with Crippen LogP contribution in [0.1, 0.15) is 25.7 Å². The first kappa shape index (κ1) is 46.2. The van der Waals surface area contributed by atoms with Gasteiger partial charge in [-0.05, 0) is 24.3 Å². The molecule has 2 spiro atoms. The largest absolute Gasteiger partial charge is 0.562 e. The van der Waals surface area contributed by atoms with E-state index in [-0.39, 0.29) is 0 Å². The summed E-state index contributed by atoms with van der Waals surface area (Å²) in [5.74, 6) is -29.6. The maximum Gasteiger partial charge on any atom is 0.449 e. The highest BCUT2D eigenvalue weighted by molar-refractivity contribution is 6.16. The van der Waals surface area contributed by atoms with Crippen LogP contribution in [0.3, 0.4) is 0 Å². The Bertz CT molecular complexity index is 1980. The minimum Gasteiger partial charge on any atom is -0.562 e. The van der Waals surface area contributed by atoms with E-state index in [0.717, 1.165) is 36.5 Å². The van der Waals surface area contributed by atoms with Crippen molar-refractivity contribution in [3.05, 3.63) is 94.9 Å². The molecule has 16 nitrogen and oxygen atoms in total. The van der Waals surface area contributed by atoms with E-state index >= 15 is 0 Å². The molecule has 0 aromatic rings. The van der Waals surface area contributed by atoms with Gasteiger partial charge < -0.3 is 48.1 Å². The second-order valence-corrected chi connectivity index (χ2v) is 12.6. The van der Waals surface area contributed by atoms with Gasteiger partial charge in [0.1, 0.15) is 11.1 Å². The average molecular weight is 910 g/mol. The summed E-state index contributed by atoms with van der Waals surface area (Å²) in [5, 5.41) is 23.8. The third-order valence-corrected chi connectivity index (χ3v) is 8.58. The van der Waals surface area contributed by atoms with Gasteiger partial charge in [0.05, 0.1) is 23.0 Å². The van der Waals surface area contributed by atoms with Gasteiger partial charge in [-0.2, -0.15) is 52.7 Å². The van der Waals surface area contributed by atoms with Crippen molar-refractivity contribution in [2.75, 3.05) is 0 Å². The van der Waals surface area contributed by atoms with E-state index in [2.05, 4.69) is 18.9 Å². The second kappa shape index (κ2) is 15.5. The fourth-order valence-corrected chi connectivity index (χ4v) is 5.54. The van der Waals surface area contributed by atoms with Gasteiger partial charge in [0.2, 0.25) is 0 Å². The molecular formula is C34H18F12O16-2. The first-order valence-electron chi connectivity index (χ1n) is 16.4. The molecule has 0 unspecified atom stereocenters. The minimum atomic E-state index is -6.40. The predicted octanol–water partition coefficient (Wildman–Crippen LogP) is 3.16. The fraction of sp³-hybridized carbons (Fsp3) is 0.353. The number of halogens is 12. The Morgan fingerprint density at radius 2 is 0.661 bits per heavy atom. The molecule has 5 rings (SSSR count). The van der Waals surface area contributed by atoms with Gasteiger partial charge in [-0.3, -0.25) is 0 Å². The lowest BCUT2D eigenvalue weighted by Gasteiger charge is -2.45. The summed E-state index contributed by atoms with van der Waals surface area (Å²) in [6.07, 6.45) is -20.1. The van der Waals surface area contributed by atoms with Crippen molar-refractivity contribution in [3.63, 3.8) is 0 Å². The highest BCUT2D eigenvalue weighted by Crippen LogP contribution is 2.51. The molecule has 3 fully saturated rings. The summed E-state index contributed by atoms with van der Waals surface area (Å²) in [7, 11) is 0. The van der Waals surface area contributed by atoms with Crippen LogP contribution in [0.15, 0.2) is 94.9 Å². The van der Waals surface area contributed by atoms with Crippen LogP contribution in [0.5, 0.6) is 0 Å². The molecule has 5 aliphatic rings. The van der Waals surface area contributed by atoms with Gasteiger partial charge in [-0.25, -0.2) is 28.8 Å². The lowest BCUT2D eigenvalue weighted by Crippen LogP contribution is -2.63. The van der Waals surface area contributed by atoms with Crippen LogP contribution < -0.4 is 10.2 Å². The number of esters is 6. The van der Waals surface area contributed by atoms with Crippen LogP contribution in [0.2, 0.25) is 0 Å². The molecule has 0 aromatic heterocycles. The molecule has 0 bridgehead atoms. The van der Waals surface area contributed by atoms with Gasteiger partial charge >= 0.3 is 72.1 Å². The molecule has 4 heterocycles. The summed E-state index contributed by atoms with van der Waals surface area (Å²) < 4.78 is 192. The number of hydrogen-bond acceptors (Lipinski definition) is 16. The monoisotopic (exact) mass is 910 g/mol. The van der Waals surface area contributed by atoms with Crippen LogP contribution in [-0.2, 0) is 66.7 Å². The minimum absolute atomic E-state index is 0.405. The van der Waals surface area contributed by atoms with E-state index in [1.54, 1.807) is 0 Å². The zero-order valence-corrected chi connectivity index (χ0v) is 29.7. The zero-order chi connectivity index (χ0) is 46.5. The average Bonchev–Trinajstić information content (AvgIpc) is 3.11. The SMILES string of the molecule is O=C1OC2(CCC3(CC2)OC(=O)C(=C/C=C/C=C/C2=C([O-])OC(C(F)(F)F)(C(F)(F)F)OC2=O)C(=O)O3)OC(=O)C1=C/C=C/C=C/C1=C([O-])OC(C(F)(F)F)(C(F)(F)F)OC1=O. The molecule has 4 aliphatic heterocycles. The van der Waals surface area contributed by atoms with Crippen LogP contribution >= 0.6 is 0 Å². The Labute approximate surface area is 334 Å². The van der Waals surface area contributed by atoms with Crippen molar-refractivity contribution >= 4 is 35.8 Å². The van der Waals surface area contributed by atoms with E-state index in [9.17, 15) is 91.7 Å². The van der Waals surface area contributed by atoms with Crippen molar-refractivity contribution in [1.29, 1.82) is 0 Å². The van der Waals surface area contributed by atoms with Crippen molar-refractivity contribution in [2.24, 2.45) is 0 Å². The number of alkyl halides is 12. The van der Waals surface area contributed by atoms with E-state index in [4.69, 9.17) is 18.9 Å². The number of rotatable bonds is 6. The van der Waals surface area contributed by atoms with Crippen LogP contribution in [0, 0.1) is 0 Å². The molecule has 1 saturated carbocycles. The van der Waals surface area contributed by atoms with E-state index in [1.807, 2.05) is 0 Å². The third kappa shape index (κ3) is 8.39.